The SMILES string of the molecule is CCCCCc1ccc(C(=O)N(Cc2ccc(-c3ccccc3F)cc2)C2CCN(CC3=CCCCC3)CC2)cc1. The normalized spacial score (nSPS) is 16.4. The van der Waals surface area contributed by atoms with E-state index in [0.717, 1.165) is 55.6 Å². The van der Waals surface area contributed by atoms with Crippen LogP contribution in [0.3, 0.4) is 0 Å². The zero-order valence-electron chi connectivity index (χ0n) is 24.7. The Kier molecular flexibility index (Phi) is 10.4. The van der Waals surface area contributed by atoms with Crippen molar-refractivity contribution in [2.45, 2.75) is 83.7 Å². The van der Waals surface area contributed by atoms with Gasteiger partial charge in [0, 0.05) is 43.3 Å². The van der Waals surface area contributed by atoms with Gasteiger partial charge in [-0.15, -0.1) is 0 Å². The first-order chi connectivity index (χ1) is 20.1. The quantitative estimate of drug-likeness (QED) is 0.175. The number of carbonyl (C=O) groups excluding carboxylic acids is 1. The second-order valence-electron chi connectivity index (χ2n) is 11.9. The van der Waals surface area contributed by atoms with E-state index < -0.39 is 0 Å². The van der Waals surface area contributed by atoms with Crippen molar-refractivity contribution in [3.63, 3.8) is 0 Å². The first-order valence-corrected chi connectivity index (χ1v) is 15.7. The molecule has 1 heterocycles. The Morgan fingerprint density at radius 3 is 2.32 bits per heavy atom. The van der Waals surface area contributed by atoms with Gasteiger partial charge in [0.2, 0.25) is 0 Å². The third kappa shape index (κ3) is 7.95. The summed E-state index contributed by atoms with van der Waals surface area (Å²) in [6.07, 6.45) is 14.2. The fourth-order valence-corrected chi connectivity index (χ4v) is 6.33. The van der Waals surface area contributed by atoms with E-state index >= 15 is 0 Å². The largest absolute Gasteiger partial charge is 0.331 e. The number of benzene rings is 3. The number of nitrogens with zero attached hydrogens (tertiary/aromatic N) is 2. The predicted molar refractivity (Wildman–Crippen MR) is 167 cm³/mol. The Balaban J connectivity index is 1.30. The number of hydrogen-bond acceptors (Lipinski definition) is 2. The van der Waals surface area contributed by atoms with Gasteiger partial charge >= 0.3 is 0 Å². The Morgan fingerprint density at radius 2 is 1.63 bits per heavy atom. The second kappa shape index (κ2) is 14.6. The molecular weight excluding hydrogens is 507 g/mol. The van der Waals surface area contributed by atoms with Crippen molar-refractivity contribution in [2.75, 3.05) is 19.6 Å². The molecule has 3 nitrogen and oxygen atoms in total. The Morgan fingerprint density at radius 1 is 0.902 bits per heavy atom. The molecule has 2 aliphatic rings. The van der Waals surface area contributed by atoms with Crippen LogP contribution in [-0.2, 0) is 13.0 Å². The van der Waals surface area contributed by atoms with Crippen molar-refractivity contribution in [1.82, 2.24) is 9.80 Å². The van der Waals surface area contributed by atoms with Crippen molar-refractivity contribution in [3.8, 4) is 11.1 Å². The van der Waals surface area contributed by atoms with Gasteiger partial charge in [0.05, 0.1) is 0 Å². The predicted octanol–water partition coefficient (Wildman–Crippen LogP) is 8.83. The number of rotatable bonds is 11. The third-order valence-corrected chi connectivity index (χ3v) is 8.83. The summed E-state index contributed by atoms with van der Waals surface area (Å²) in [5.74, 6) is -0.109. The molecule has 5 rings (SSSR count). The average molecular weight is 553 g/mol. The summed E-state index contributed by atoms with van der Waals surface area (Å²) in [4.78, 5) is 18.7. The van der Waals surface area contributed by atoms with Crippen molar-refractivity contribution in [3.05, 3.63) is 107 Å². The molecule has 3 aromatic carbocycles. The number of carbonyl (C=O) groups is 1. The van der Waals surface area contributed by atoms with E-state index in [-0.39, 0.29) is 17.8 Å². The number of allylic oxidation sites excluding steroid dienone is 1. The van der Waals surface area contributed by atoms with Crippen molar-refractivity contribution >= 4 is 5.91 Å². The molecule has 41 heavy (non-hydrogen) atoms. The molecule has 0 saturated carbocycles. The topological polar surface area (TPSA) is 23.6 Å². The van der Waals surface area contributed by atoms with Crippen LogP contribution in [0.5, 0.6) is 0 Å². The standard InChI is InChI=1S/C37H45FN2O/c1-2-3-5-10-29-15-21-33(22-16-29)37(41)40(34-23-25-39(26-24-34)27-30-11-6-4-7-12-30)28-31-17-19-32(20-18-31)35-13-8-9-14-36(35)38/h8-9,11,13-22,34H,2-7,10,12,23-28H2,1H3. The van der Waals surface area contributed by atoms with E-state index in [1.54, 1.807) is 11.6 Å². The molecule has 1 fully saturated rings. The summed E-state index contributed by atoms with van der Waals surface area (Å²) >= 11 is 0. The Labute approximate surface area is 246 Å². The smallest absolute Gasteiger partial charge is 0.254 e. The number of unbranched alkanes of at least 4 members (excludes halogenated alkanes) is 2. The maximum absolute atomic E-state index is 14.4. The molecule has 0 N–H and O–H groups in total. The summed E-state index contributed by atoms with van der Waals surface area (Å²) in [5, 5.41) is 0. The Hall–Kier alpha value is -3.24. The van der Waals surface area contributed by atoms with E-state index in [0.29, 0.717) is 12.1 Å². The van der Waals surface area contributed by atoms with E-state index in [2.05, 4.69) is 34.9 Å². The molecular formula is C37H45FN2O. The van der Waals surface area contributed by atoms with E-state index in [4.69, 9.17) is 0 Å². The van der Waals surface area contributed by atoms with Crippen LogP contribution in [0, 0.1) is 5.82 Å². The van der Waals surface area contributed by atoms with Crippen LogP contribution in [0.25, 0.3) is 11.1 Å². The molecule has 1 amide bonds. The maximum atomic E-state index is 14.4. The highest BCUT2D eigenvalue weighted by Gasteiger charge is 2.29. The number of halogens is 1. The van der Waals surface area contributed by atoms with Crippen LogP contribution >= 0.6 is 0 Å². The minimum Gasteiger partial charge on any atom is -0.331 e. The lowest BCUT2D eigenvalue weighted by Crippen LogP contribution is -2.47. The minimum absolute atomic E-state index is 0.108. The first kappa shape index (κ1) is 29.3. The molecule has 1 aliphatic heterocycles. The summed E-state index contributed by atoms with van der Waals surface area (Å²) in [6.45, 7) is 5.91. The molecule has 0 spiro atoms. The number of hydrogen-bond donors (Lipinski definition) is 0. The van der Waals surface area contributed by atoms with Crippen LogP contribution in [0.1, 0.15) is 86.2 Å². The third-order valence-electron chi connectivity index (χ3n) is 8.83. The van der Waals surface area contributed by atoms with E-state index in [1.807, 2.05) is 48.5 Å². The van der Waals surface area contributed by atoms with Gasteiger partial charge in [0.25, 0.3) is 5.91 Å². The zero-order chi connectivity index (χ0) is 28.4. The zero-order valence-corrected chi connectivity index (χ0v) is 24.7. The van der Waals surface area contributed by atoms with Crippen LogP contribution in [0.15, 0.2) is 84.4 Å². The van der Waals surface area contributed by atoms with Gasteiger partial charge in [-0.05, 0) is 86.3 Å². The highest BCUT2D eigenvalue weighted by atomic mass is 19.1. The lowest BCUT2D eigenvalue weighted by Gasteiger charge is -2.39. The number of amides is 1. The van der Waals surface area contributed by atoms with Gasteiger partial charge in [-0.1, -0.05) is 86.0 Å². The van der Waals surface area contributed by atoms with Crippen molar-refractivity contribution < 1.29 is 9.18 Å². The summed E-state index contributed by atoms with van der Waals surface area (Å²) in [6, 6.07) is 23.4. The Bertz CT molecular complexity index is 1290. The second-order valence-corrected chi connectivity index (χ2v) is 11.9. The number of likely N-dealkylation sites (tertiary alicyclic amines) is 1. The molecule has 216 valence electrons. The molecule has 1 saturated heterocycles. The molecule has 0 atom stereocenters. The van der Waals surface area contributed by atoms with Crippen LogP contribution in [0.4, 0.5) is 4.39 Å². The number of piperidine rings is 1. The molecule has 0 radical (unpaired) electrons. The van der Waals surface area contributed by atoms with Crippen molar-refractivity contribution in [2.24, 2.45) is 0 Å². The van der Waals surface area contributed by atoms with E-state index in [1.165, 1.54) is 56.6 Å². The fraction of sp³-hybridized carbons (Fsp3) is 0.432. The lowest BCUT2D eigenvalue weighted by molar-refractivity contribution is 0.0556. The maximum Gasteiger partial charge on any atom is 0.254 e. The van der Waals surface area contributed by atoms with Gasteiger partial charge in [-0.2, -0.15) is 0 Å². The van der Waals surface area contributed by atoms with Crippen LogP contribution < -0.4 is 0 Å². The highest BCUT2D eigenvalue weighted by molar-refractivity contribution is 5.94. The van der Waals surface area contributed by atoms with Gasteiger partial charge in [-0.3, -0.25) is 9.69 Å². The molecule has 0 bridgehead atoms. The molecule has 3 aromatic rings. The van der Waals surface area contributed by atoms with Gasteiger partial charge < -0.3 is 4.90 Å². The molecule has 1 aliphatic carbocycles. The van der Waals surface area contributed by atoms with Crippen molar-refractivity contribution in [1.29, 1.82) is 0 Å². The number of aryl methyl sites for hydroxylation is 1. The first-order valence-electron chi connectivity index (χ1n) is 15.7. The summed E-state index contributed by atoms with van der Waals surface area (Å²) < 4.78 is 14.4. The van der Waals surface area contributed by atoms with E-state index in [9.17, 15) is 9.18 Å². The highest BCUT2D eigenvalue weighted by Crippen LogP contribution is 2.27. The summed E-state index contributed by atoms with van der Waals surface area (Å²) in [7, 11) is 0. The molecule has 0 aromatic heterocycles. The molecule has 0 unspecified atom stereocenters. The summed E-state index contributed by atoms with van der Waals surface area (Å²) in [5.41, 5.74) is 6.19. The molecule has 4 heteroatoms. The van der Waals surface area contributed by atoms with Gasteiger partial charge in [0.15, 0.2) is 0 Å². The van der Waals surface area contributed by atoms with Gasteiger partial charge in [0.1, 0.15) is 5.82 Å². The van der Waals surface area contributed by atoms with Gasteiger partial charge in [-0.25, -0.2) is 4.39 Å². The monoisotopic (exact) mass is 552 g/mol. The van der Waals surface area contributed by atoms with Crippen LogP contribution in [-0.4, -0.2) is 41.4 Å². The minimum atomic E-state index is -0.217. The van der Waals surface area contributed by atoms with Crippen LogP contribution in [0.2, 0.25) is 0 Å². The average Bonchev–Trinajstić information content (AvgIpc) is 3.02. The lowest BCUT2D eigenvalue weighted by atomic mass is 9.96. The fourth-order valence-electron chi connectivity index (χ4n) is 6.33.